The molecule has 0 aliphatic carbocycles. The Bertz CT molecular complexity index is 1250. The molecule has 0 aromatic heterocycles. The van der Waals surface area contributed by atoms with Crippen LogP contribution in [0.2, 0.25) is 5.02 Å². The van der Waals surface area contributed by atoms with Crippen molar-refractivity contribution in [2.75, 3.05) is 24.9 Å². The largest absolute Gasteiger partial charge is 0.491 e. The third-order valence-corrected chi connectivity index (χ3v) is 4.97. The van der Waals surface area contributed by atoms with E-state index >= 15 is 0 Å². The van der Waals surface area contributed by atoms with Gasteiger partial charge in [0.1, 0.15) is 24.8 Å². The van der Waals surface area contributed by atoms with Crippen LogP contribution in [0.3, 0.4) is 0 Å². The minimum absolute atomic E-state index is 0.0448. The fraction of sp³-hybridized carbons (Fsp3) is 0.130. The van der Waals surface area contributed by atoms with Crippen molar-refractivity contribution in [3.63, 3.8) is 0 Å². The number of urea groups is 1. The normalized spacial score (nSPS) is 11.6. The maximum atomic E-state index is 12.4. The first-order chi connectivity index (χ1) is 16.2. The zero-order valence-electron chi connectivity index (χ0n) is 18.0. The lowest BCUT2D eigenvalue weighted by Gasteiger charge is -2.10. The first kappa shape index (κ1) is 25.0. The molecule has 3 rings (SSSR count). The van der Waals surface area contributed by atoms with Gasteiger partial charge in [-0.3, -0.25) is 0 Å². The highest BCUT2D eigenvalue weighted by molar-refractivity contribution is 7.86. The van der Waals surface area contributed by atoms with E-state index in [9.17, 15) is 17.6 Å². The lowest BCUT2D eigenvalue weighted by Crippen LogP contribution is -2.26. The smallest absolute Gasteiger partial charge is 0.339 e. The highest BCUT2D eigenvalue weighted by Gasteiger charge is 2.11. The molecule has 178 valence electrons. The monoisotopic (exact) mass is 505 g/mol. The van der Waals surface area contributed by atoms with Crippen molar-refractivity contribution >= 4 is 39.1 Å². The number of nitrogens with one attached hydrogen (secondary N) is 2. The Balaban J connectivity index is 1.77. The molecule has 2 N–H and O–H groups in total. The Morgan fingerprint density at radius 3 is 2.06 bits per heavy atom. The summed E-state index contributed by atoms with van der Waals surface area (Å²) in [5.41, 5.74) is 4.59. The van der Waals surface area contributed by atoms with E-state index < -0.39 is 22.8 Å². The molecule has 2 amide bonds. The van der Waals surface area contributed by atoms with E-state index in [0.29, 0.717) is 33.3 Å². The van der Waals surface area contributed by atoms with Crippen LogP contribution in [0.1, 0.15) is 11.1 Å². The highest BCUT2D eigenvalue weighted by Crippen LogP contribution is 2.19. The van der Waals surface area contributed by atoms with Crippen LogP contribution in [0.25, 0.3) is 0 Å². The molecular formula is C23H21ClFN3O5S. The van der Waals surface area contributed by atoms with Crippen LogP contribution in [-0.4, -0.2) is 39.7 Å². The van der Waals surface area contributed by atoms with Crippen molar-refractivity contribution < 1.29 is 26.5 Å². The Labute approximate surface area is 201 Å². The number of rotatable bonds is 9. The molecular weight excluding hydrogens is 485 g/mol. The number of halogens is 2. The van der Waals surface area contributed by atoms with E-state index in [1.807, 2.05) is 0 Å². The fourth-order valence-corrected chi connectivity index (χ4v) is 3.39. The second-order valence-electron chi connectivity index (χ2n) is 6.91. The van der Waals surface area contributed by atoms with E-state index in [-0.39, 0.29) is 12.4 Å². The van der Waals surface area contributed by atoms with Gasteiger partial charge in [0.15, 0.2) is 0 Å². The van der Waals surface area contributed by atoms with Gasteiger partial charge in [-0.15, -0.1) is 0 Å². The average Bonchev–Trinajstić information content (AvgIpc) is 2.80. The van der Waals surface area contributed by atoms with E-state index in [0.717, 1.165) is 6.26 Å². The Morgan fingerprint density at radius 1 is 0.941 bits per heavy atom. The van der Waals surface area contributed by atoms with Crippen LogP contribution in [0.4, 0.5) is 14.9 Å². The molecule has 0 saturated carbocycles. The number of carbonyl (C=O) groups excluding carboxylic acids is 1. The molecule has 0 atom stereocenters. The van der Waals surface area contributed by atoms with Crippen molar-refractivity contribution in [2.24, 2.45) is 5.10 Å². The summed E-state index contributed by atoms with van der Waals surface area (Å²) in [5, 5.41) is 7.40. The lowest BCUT2D eigenvalue weighted by atomic mass is 10.0. The minimum atomic E-state index is -3.66. The van der Waals surface area contributed by atoms with Crippen molar-refractivity contribution in [3.8, 4) is 11.5 Å². The summed E-state index contributed by atoms with van der Waals surface area (Å²) in [6.07, 6.45) is 0.953. The van der Waals surface area contributed by atoms with Gasteiger partial charge < -0.3 is 14.2 Å². The molecule has 0 aliphatic heterocycles. The topological polar surface area (TPSA) is 106 Å². The Morgan fingerprint density at radius 2 is 1.50 bits per heavy atom. The molecule has 0 radical (unpaired) electrons. The molecule has 3 aromatic rings. The van der Waals surface area contributed by atoms with Crippen molar-refractivity contribution in [1.29, 1.82) is 0 Å². The number of hydrazone groups is 1. The number of nitrogens with zero attached hydrogens (tertiary/aromatic N) is 1. The standard InChI is InChI=1S/C23H21ClFN3O5S/c1-34(30,31)33-21-10-4-17(5-11-21)22(16-2-6-18(24)7-3-16)27-28-23(29)26-19-8-12-20(13-9-19)32-15-14-25/h2-13H,14-15H2,1H3,(H2,26,28,29)/b27-22+. The predicted molar refractivity (Wildman–Crippen MR) is 129 cm³/mol. The first-order valence-electron chi connectivity index (χ1n) is 9.93. The van der Waals surface area contributed by atoms with Gasteiger partial charge in [-0.1, -0.05) is 23.7 Å². The van der Waals surface area contributed by atoms with Gasteiger partial charge in [-0.25, -0.2) is 14.6 Å². The van der Waals surface area contributed by atoms with Crippen molar-refractivity contribution in [1.82, 2.24) is 5.43 Å². The van der Waals surface area contributed by atoms with E-state index in [1.165, 1.54) is 12.1 Å². The zero-order valence-corrected chi connectivity index (χ0v) is 19.6. The minimum Gasteiger partial charge on any atom is -0.491 e. The van der Waals surface area contributed by atoms with E-state index in [1.54, 1.807) is 60.7 Å². The number of hydrogen-bond donors (Lipinski definition) is 2. The maximum Gasteiger partial charge on any atom is 0.339 e. The molecule has 0 heterocycles. The number of ether oxygens (including phenoxy) is 1. The van der Waals surface area contributed by atoms with Gasteiger partial charge in [0.25, 0.3) is 0 Å². The van der Waals surface area contributed by atoms with Crippen molar-refractivity contribution in [2.45, 2.75) is 0 Å². The molecule has 11 heteroatoms. The van der Waals surface area contributed by atoms with Crippen LogP contribution in [-0.2, 0) is 10.1 Å². The molecule has 0 bridgehead atoms. The average molecular weight is 506 g/mol. The summed E-state index contributed by atoms with van der Waals surface area (Å²) in [6, 6.07) is 18.9. The Kier molecular flexibility index (Phi) is 8.44. The number of amides is 2. The summed E-state index contributed by atoms with van der Waals surface area (Å²) < 4.78 is 44.9. The predicted octanol–water partition coefficient (Wildman–Crippen LogP) is 4.60. The van der Waals surface area contributed by atoms with Crippen LogP contribution in [0.15, 0.2) is 77.9 Å². The third-order valence-electron chi connectivity index (χ3n) is 4.22. The summed E-state index contributed by atoms with van der Waals surface area (Å²) in [5.74, 6) is 0.626. The summed E-state index contributed by atoms with van der Waals surface area (Å²) in [4.78, 5) is 12.4. The SMILES string of the molecule is CS(=O)(=O)Oc1ccc(/C(=N/NC(=O)Nc2ccc(OCCF)cc2)c2ccc(Cl)cc2)cc1. The van der Waals surface area contributed by atoms with Gasteiger partial charge >= 0.3 is 16.1 Å². The van der Waals surface area contributed by atoms with E-state index in [2.05, 4.69) is 15.8 Å². The molecule has 0 fully saturated rings. The second kappa shape index (κ2) is 11.5. The van der Waals surface area contributed by atoms with Gasteiger partial charge in [-0.05, 0) is 60.7 Å². The molecule has 8 nitrogen and oxygen atoms in total. The van der Waals surface area contributed by atoms with Crippen LogP contribution in [0, 0.1) is 0 Å². The van der Waals surface area contributed by atoms with Gasteiger partial charge in [-0.2, -0.15) is 13.5 Å². The molecule has 0 unspecified atom stereocenters. The Hall–Kier alpha value is -3.63. The van der Waals surface area contributed by atoms with Gasteiger partial charge in [0.05, 0.1) is 12.0 Å². The fourth-order valence-electron chi connectivity index (χ4n) is 2.80. The van der Waals surface area contributed by atoms with Gasteiger partial charge in [0, 0.05) is 21.8 Å². The number of benzene rings is 3. The number of alkyl halides is 1. The second-order valence-corrected chi connectivity index (χ2v) is 8.92. The van der Waals surface area contributed by atoms with Crippen LogP contribution >= 0.6 is 11.6 Å². The highest BCUT2D eigenvalue weighted by atomic mass is 35.5. The summed E-state index contributed by atoms with van der Waals surface area (Å²) in [6.45, 7) is -0.638. The number of carbonyl (C=O) groups is 1. The third kappa shape index (κ3) is 7.75. The van der Waals surface area contributed by atoms with E-state index in [4.69, 9.17) is 20.5 Å². The molecule has 3 aromatic carbocycles. The first-order valence-corrected chi connectivity index (χ1v) is 12.1. The number of hydrogen-bond acceptors (Lipinski definition) is 6. The summed E-state index contributed by atoms with van der Waals surface area (Å²) >= 11 is 5.98. The molecule has 34 heavy (non-hydrogen) atoms. The van der Waals surface area contributed by atoms with Crippen LogP contribution in [0.5, 0.6) is 11.5 Å². The summed E-state index contributed by atoms with van der Waals surface area (Å²) in [7, 11) is -3.66. The van der Waals surface area contributed by atoms with Gasteiger partial charge in [0.2, 0.25) is 0 Å². The lowest BCUT2D eigenvalue weighted by molar-refractivity contribution is 0.252. The molecule has 0 aliphatic rings. The van der Waals surface area contributed by atoms with Crippen LogP contribution < -0.4 is 19.7 Å². The number of anilines is 1. The van der Waals surface area contributed by atoms with Crippen molar-refractivity contribution in [3.05, 3.63) is 88.9 Å². The maximum absolute atomic E-state index is 12.4. The molecule has 0 saturated heterocycles. The quantitative estimate of drug-likeness (QED) is 0.251. The molecule has 0 spiro atoms. The zero-order chi connectivity index (χ0) is 24.6.